The Morgan fingerprint density at radius 2 is 2.20 bits per heavy atom. The predicted octanol–water partition coefficient (Wildman–Crippen LogP) is 2.56. The maximum atomic E-state index is 12.6. The van der Waals surface area contributed by atoms with E-state index < -0.39 is 10.0 Å². The summed E-state index contributed by atoms with van der Waals surface area (Å²) in [6, 6.07) is 3.56. The number of thiophene rings is 1. The van der Waals surface area contributed by atoms with Gasteiger partial charge in [-0.05, 0) is 25.0 Å². The molecule has 20 heavy (non-hydrogen) atoms. The molecule has 7 heteroatoms. The third-order valence-electron chi connectivity index (χ3n) is 3.71. The van der Waals surface area contributed by atoms with Gasteiger partial charge >= 0.3 is 0 Å². The molecular weight excluding hydrogens is 296 g/mol. The molecule has 0 saturated carbocycles. The Kier molecular flexibility index (Phi) is 4.82. The molecule has 1 aliphatic heterocycles. The topological polar surface area (TPSA) is 70.0 Å². The zero-order valence-corrected chi connectivity index (χ0v) is 13.4. The van der Waals surface area contributed by atoms with Crippen molar-refractivity contribution < 1.29 is 13.6 Å². The molecule has 0 bridgehead atoms. The predicted molar refractivity (Wildman–Crippen MR) is 80.1 cm³/mol. The second kappa shape index (κ2) is 6.24. The molecule has 0 amide bonds. The van der Waals surface area contributed by atoms with Crippen molar-refractivity contribution in [3.63, 3.8) is 0 Å². The van der Waals surface area contributed by atoms with Crippen LogP contribution in [0.3, 0.4) is 0 Å². The molecule has 0 radical (unpaired) electrons. The molecule has 1 N–H and O–H groups in total. The number of aryl methyl sites for hydroxylation is 1. The lowest BCUT2D eigenvalue weighted by Crippen LogP contribution is -2.43. The lowest BCUT2D eigenvalue weighted by molar-refractivity contribution is 0.296. The third-order valence-corrected chi connectivity index (χ3v) is 7.28. The van der Waals surface area contributed by atoms with Crippen LogP contribution in [0, 0.1) is 5.92 Å². The van der Waals surface area contributed by atoms with Crippen molar-refractivity contribution in [2.24, 2.45) is 11.1 Å². The van der Waals surface area contributed by atoms with Gasteiger partial charge in [0.25, 0.3) is 10.0 Å². The van der Waals surface area contributed by atoms with Crippen LogP contribution >= 0.6 is 11.3 Å². The molecule has 5 nitrogen and oxygen atoms in total. The van der Waals surface area contributed by atoms with E-state index >= 15 is 0 Å². The number of rotatable bonds is 4. The van der Waals surface area contributed by atoms with E-state index in [1.165, 1.54) is 15.6 Å². The lowest BCUT2D eigenvalue weighted by atomic mass is 9.95. The van der Waals surface area contributed by atoms with Gasteiger partial charge in [0.05, 0.1) is 5.71 Å². The van der Waals surface area contributed by atoms with Crippen molar-refractivity contribution in [1.29, 1.82) is 0 Å². The Bertz CT molecular complexity index is 593. The standard InChI is InChI=1S/C13H20N2O3S2/c1-3-10-9-15(8-7-12(10)14-16)20(17,18)13-6-5-11(4-2)19-13/h5-6,10,16H,3-4,7-9H2,1-2H3/b14-12+. The summed E-state index contributed by atoms with van der Waals surface area (Å²) in [5.41, 5.74) is 0.708. The number of hydrogen-bond donors (Lipinski definition) is 1. The molecule has 1 unspecified atom stereocenters. The van der Waals surface area contributed by atoms with Gasteiger partial charge in [-0.3, -0.25) is 0 Å². The molecular formula is C13H20N2O3S2. The van der Waals surface area contributed by atoms with Gasteiger partial charge in [0, 0.05) is 30.3 Å². The fraction of sp³-hybridized carbons (Fsp3) is 0.615. The first-order valence-corrected chi connectivity index (χ1v) is 9.08. The Labute approximate surface area is 124 Å². The number of nitrogens with zero attached hydrogens (tertiary/aromatic N) is 2. The van der Waals surface area contributed by atoms with Crippen molar-refractivity contribution in [3.8, 4) is 0 Å². The fourth-order valence-electron chi connectivity index (χ4n) is 2.41. The molecule has 1 saturated heterocycles. The van der Waals surface area contributed by atoms with Gasteiger partial charge in [-0.2, -0.15) is 4.31 Å². The molecule has 2 rings (SSSR count). The van der Waals surface area contributed by atoms with Crippen LogP contribution < -0.4 is 0 Å². The zero-order chi connectivity index (χ0) is 14.8. The van der Waals surface area contributed by atoms with Crippen molar-refractivity contribution in [3.05, 3.63) is 17.0 Å². The highest BCUT2D eigenvalue weighted by Gasteiger charge is 2.33. The molecule has 1 fully saturated rings. The van der Waals surface area contributed by atoms with Crippen LogP contribution in [-0.4, -0.2) is 36.7 Å². The van der Waals surface area contributed by atoms with Gasteiger partial charge in [0.1, 0.15) is 4.21 Å². The fourth-order valence-corrected chi connectivity index (χ4v) is 5.35. The van der Waals surface area contributed by atoms with E-state index in [9.17, 15) is 8.42 Å². The molecule has 1 atom stereocenters. The normalized spacial score (nSPS) is 23.3. The molecule has 1 aromatic heterocycles. The van der Waals surface area contributed by atoms with Gasteiger partial charge in [-0.15, -0.1) is 11.3 Å². The number of oxime groups is 1. The quantitative estimate of drug-likeness (QED) is 0.685. The van der Waals surface area contributed by atoms with Gasteiger partial charge in [-0.25, -0.2) is 8.42 Å². The summed E-state index contributed by atoms with van der Waals surface area (Å²) in [4.78, 5) is 1.07. The van der Waals surface area contributed by atoms with Gasteiger partial charge < -0.3 is 5.21 Å². The minimum atomic E-state index is -3.41. The third kappa shape index (κ3) is 2.89. The molecule has 1 aliphatic rings. The Balaban J connectivity index is 2.22. The van der Waals surface area contributed by atoms with Gasteiger partial charge in [0.2, 0.25) is 0 Å². The van der Waals surface area contributed by atoms with Gasteiger partial charge in [0.15, 0.2) is 0 Å². The Hall–Kier alpha value is -0.920. The van der Waals surface area contributed by atoms with Crippen LogP contribution in [0.4, 0.5) is 0 Å². The SMILES string of the molecule is CCc1ccc(S(=O)(=O)N2CC/C(=N\O)C(CC)C2)s1. The average Bonchev–Trinajstić information content (AvgIpc) is 2.96. The van der Waals surface area contributed by atoms with Crippen LogP contribution in [0.2, 0.25) is 0 Å². The zero-order valence-electron chi connectivity index (χ0n) is 11.7. The summed E-state index contributed by atoms with van der Waals surface area (Å²) < 4.78 is 27.1. The van der Waals surface area contributed by atoms with Crippen molar-refractivity contribution in [1.82, 2.24) is 4.31 Å². The van der Waals surface area contributed by atoms with Gasteiger partial charge in [-0.1, -0.05) is 19.0 Å². The minimum Gasteiger partial charge on any atom is -0.411 e. The number of hydrogen-bond acceptors (Lipinski definition) is 5. The first-order chi connectivity index (χ1) is 9.52. The minimum absolute atomic E-state index is 0.00846. The summed E-state index contributed by atoms with van der Waals surface area (Å²) in [7, 11) is -3.41. The Morgan fingerprint density at radius 1 is 1.45 bits per heavy atom. The highest BCUT2D eigenvalue weighted by molar-refractivity contribution is 7.91. The Morgan fingerprint density at radius 3 is 2.75 bits per heavy atom. The van der Waals surface area contributed by atoms with Crippen molar-refractivity contribution in [2.45, 2.75) is 37.3 Å². The molecule has 1 aromatic rings. The van der Waals surface area contributed by atoms with E-state index in [1.54, 1.807) is 6.07 Å². The van der Waals surface area contributed by atoms with Crippen LogP contribution in [0.25, 0.3) is 0 Å². The smallest absolute Gasteiger partial charge is 0.252 e. The van der Waals surface area contributed by atoms with E-state index in [4.69, 9.17) is 5.21 Å². The van der Waals surface area contributed by atoms with Crippen LogP contribution in [0.15, 0.2) is 21.5 Å². The molecule has 0 spiro atoms. The molecule has 2 heterocycles. The second-order valence-electron chi connectivity index (χ2n) is 4.88. The number of piperidine rings is 1. The summed E-state index contributed by atoms with van der Waals surface area (Å²) in [6.45, 7) is 4.78. The summed E-state index contributed by atoms with van der Waals surface area (Å²) in [5, 5.41) is 12.3. The van der Waals surface area contributed by atoms with Crippen LogP contribution in [-0.2, 0) is 16.4 Å². The van der Waals surface area contributed by atoms with E-state index in [0.717, 1.165) is 17.7 Å². The maximum Gasteiger partial charge on any atom is 0.252 e. The monoisotopic (exact) mass is 316 g/mol. The first kappa shape index (κ1) is 15.5. The van der Waals surface area contributed by atoms with Crippen LogP contribution in [0.1, 0.15) is 31.6 Å². The van der Waals surface area contributed by atoms with E-state index in [-0.39, 0.29) is 5.92 Å². The summed E-state index contributed by atoms with van der Waals surface area (Å²) in [5.74, 6) is 0.00846. The lowest BCUT2D eigenvalue weighted by Gasteiger charge is -2.31. The largest absolute Gasteiger partial charge is 0.411 e. The molecule has 0 aliphatic carbocycles. The first-order valence-electron chi connectivity index (χ1n) is 6.82. The average molecular weight is 316 g/mol. The van der Waals surface area contributed by atoms with E-state index in [1.807, 2.05) is 19.9 Å². The highest BCUT2D eigenvalue weighted by atomic mass is 32.2. The summed E-state index contributed by atoms with van der Waals surface area (Å²) >= 11 is 1.34. The molecule has 0 aromatic carbocycles. The number of sulfonamides is 1. The van der Waals surface area contributed by atoms with E-state index in [0.29, 0.717) is 29.4 Å². The van der Waals surface area contributed by atoms with Crippen LogP contribution in [0.5, 0.6) is 0 Å². The van der Waals surface area contributed by atoms with Crippen molar-refractivity contribution in [2.75, 3.05) is 13.1 Å². The van der Waals surface area contributed by atoms with Crippen molar-refractivity contribution >= 4 is 27.1 Å². The maximum absolute atomic E-state index is 12.6. The summed E-state index contributed by atoms with van der Waals surface area (Å²) in [6.07, 6.45) is 2.12. The highest BCUT2D eigenvalue weighted by Crippen LogP contribution is 2.28. The second-order valence-corrected chi connectivity index (χ2v) is 8.22. The van der Waals surface area contributed by atoms with E-state index in [2.05, 4.69) is 5.16 Å². The molecule has 112 valence electrons.